The summed E-state index contributed by atoms with van der Waals surface area (Å²) in [5.41, 5.74) is 0. The van der Waals surface area contributed by atoms with E-state index < -0.39 is 327 Å². The van der Waals surface area contributed by atoms with Gasteiger partial charge in [-0.3, -0.25) is 14.4 Å². The first kappa shape index (κ1) is 85.0. The third kappa shape index (κ3) is 18.3. The first-order chi connectivity index (χ1) is 48.5. The number of amides is 3. The molecule has 0 aromatic rings. The molecular formula is C57H95N3O43. The molecule has 46 heteroatoms. The quantitative estimate of drug-likeness (QED) is 0.0363. The number of carbonyl (C=O) groups excluding carboxylic acids is 3. The summed E-state index contributed by atoms with van der Waals surface area (Å²) in [6.45, 7) is -4.13. The first-order valence-corrected chi connectivity index (χ1v) is 32.6. The molecule has 0 spiro atoms. The predicted molar refractivity (Wildman–Crippen MR) is 315 cm³/mol. The van der Waals surface area contributed by atoms with Gasteiger partial charge in [0.25, 0.3) is 5.79 Å². The van der Waals surface area contributed by atoms with E-state index in [1.807, 2.05) is 0 Å². The predicted octanol–water partition coefficient (Wildman–Crippen LogP) is -17.8. The minimum Gasteiger partial charge on any atom is -0.477 e. The van der Waals surface area contributed by atoms with Gasteiger partial charge in [0, 0.05) is 27.2 Å². The van der Waals surface area contributed by atoms with Gasteiger partial charge in [0.2, 0.25) is 17.7 Å². The Morgan fingerprint density at radius 2 is 0.796 bits per heavy atom. The second-order valence-corrected chi connectivity index (χ2v) is 26.0. The van der Waals surface area contributed by atoms with Crippen LogP contribution in [0.4, 0.5) is 0 Å². The van der Waals surface area contributed by atoms with Crippen molar-refractivity contribution in [2.75, 3.05) is 46.2 Å². The van der Waals surface area contributed by atoms with Crippen molar-refractivity contribution in [1.82, 2.24) is 16.0 Å². The van der Waals surface area contributed by atoms with Crippen LogP contribution in [0.5, 0.6) is 0 Å². The van der Waals surface area contributed by atoms with E-state index >= 15 is 0 Å². The van der Waals surface area contributed by atoms with E-state index in [0.29, 0.717) is 0 Å². The first-order valence-electron chi connectivity index (χ1n) is 32.6. The van der Waals surface area contributed by atoms with E-state index in [2.05, 4.69) is 16.0 Å². The van der Waals surface area contributed by atoms with Crippen LogP contribution in [0.2, 0.25) is 0 Å². The Morgan fingerprint density at radius 1 is 0.398 bits per heavy atom. The fraction of sp³-hybridized carbons (Fsp3) is 0.930. The third-order valence-corrected chi connectivity index (χ3v) is 18.8. The smallest absolute Gasteiger partial charge is 0.364 e. The van der Waals surface area contributed by atoms with Gasteiger partial charge in [0.05, 0.1) is 64.5 Å². The van der Waals surface area contributed by atoms with Crippen molar-refractivity contribution in [2.24, 2.45) is 0 Å². The highest BCUT2D eigenvalue weighted by molar-refractivity contribution is 5.77. The van der Waals surface area contributed by atoms with Crippen LogP contribution in [0.1, 0.15) is 34.1 Å². The van der Waals surface area contributed by atoms with Crippen molar-refractivity contribution in [3.8, 4) is 0 Å². The summed E-state index contributed by atoms with van der Waals surface area (Å²) in [4.78, 5) is 51.8. The number of nitrogens with one attached hydrogen (secondary N) is 3. The minimum atomic E-state index is -3.31. The van der Waals surface area contributed by atoms with E-state index in [1.165, 1.54) is 6.92 Å². The van der Waals surface area contributed by atoms with E-state index in [9.17, 15) is 142 Å². The molecule has 0 aromatic heterocycles. The van der Waals surface area contributed by atoms with Gasteiger partial charge in [0.15, 0.2) is 44.0 Å². The molecule has 8 fully saturated rings. The number of aliphatic hydroxyl groups excluding tert-OH is 23. The molecule has 0 aromatic carbocycles. The molecule has 8 aliphatic rings. The van der Waals surface area contributed by atoms with Crippen molar-refractivity contribution in [1.29, 1.82) is 0 Å². The van der Waals surface area contributed by atoms with Gasteiger partial charge in [-0.15, -0.1) is 0 Å². The van der Waals surface area contributed by atoms with Gasteiger partial charge in [-0.05, 0) is 6.92 Å². The highest BCUT2D eigenvalue weighted by Crippen LogP contribution is 2.42. The molecule has 0 saturated carbocycles. The fourth-order valence-electron chi connectivity index (χ4n) is 13.3. The van der Waals surface area contributed by atoms with E-state index in [-0.39, 0.29) is 0 Å². The maximum Gasteiger partial charge on any atom is 0.364 e. The summed E-state index contributed by atoms with van der Waals surface area (Å²) in [7, 11) is 0. The van der Waals surface area contributed by atoms with Crippen molar-refractivity contribution in [3.05, 3.63) is 0 Å². The molecule has 3 amide bonds. The summed E-state index contributed by atoms with van der Waals surface area (Å²) in [5.74, 6) is -8.34. The molecule has 0 radical (unpaired) electrons. The van der Waals surface area contributed by atoms with Crippen molar-refractivity contribution < 1.29 is 213 Å². The second-order valence-electron chi connectivity index (χ2n) is 26.0. The van der Waals surface area contributed by atoms with Gasteiger partial charge >= 0.3 is 5.97 Å². The average molecular weight is 1510 g/mol. The molecule has 46 nitrogen and oxygen atoms in total. The zero-order valence-corrected chi connectivity index (χ0v) is 55.2. The Kier molecular flexibility index (Phi) is 29.9. The van der Waals surface area contributed by atoms with Crippen molar-refractivity contribution in [3.63, 3.8) is 0 Å². The molecule has 41 atom stereocenters. The Balaban J connectivity index is 1.12. The highest BCUT2D eigenvalue weighted by atomic mass is 16.8. The van der Waals surface area contributed by atoms with Crippen molar-refractivity contribution in [2.45, 2.75) is 285 Å². The molecular weight excluding hydrogens is 1410 g/mol. The van der Waals surface area contributed by atoms with E-state index in [1.54, 1.807) is 0 Å². The Bertz CT molecular complexity index is 2730. The van der Waals surface area contributed by atoms with Crippen LogP contribution in [-0.2, 0) is 90.2 Å². The van der Waals surface area contributed by atoms with Crippen LogP contribution in [0.3, 0.4) is 0 Å². The monoisotopic (exact) mass is 1510 g/mol. The zero-order chi connectivity index (χ0) is 76.3. The number of carboxylic acids is 1. The molecule has 8 saturated heterocycles. The molecule has 596 valence electrons. The number of aliphatic hydroxyl groups is 23. The maximum atomic E-state index is 13.3. The van der Waals surface area contributed by atoms with Crippen LogP contribution >= 0.6 is 0 Å². The summed E-state index contributed by atoms with van der Waals surface area (Å²) >= 11 is 0. The largest absolute Gasteiger partial charge is 0.477 e. The summed E-state index contributed by atoms with van der Waals surface area (Å²) < 4.78 is 88.3. The maximum absolute atomic E-state index is 13.3. The number of hydrogen-bond donors (Lipinski definition) is 27. The SMILES string of the molecule is CC(=O)N[C@H]1[C@H](O[C@H]2[C@@H](O)[C@@H](CO)O[C@@H](O[C@H]3[C@H](O)[C@@H](O)[C@H](O)O[C@@H]3CO)[C@@H]2O)O[C@H](CO)[C@@H](O[C@@H]2O[C@H](CO)[C@H](O)[C@H](O[C@H]3O[C@H](CO)[C@@H](O)[C@H](O[C@@H]4O[C@H](CO)[C@H](O)[C@H](O[C@]5(C(=O)O)C[C@H](O)[C@@H](NC(C)=O)[C@H]([C@H](O)[C@H](O)CO)O5)[C@H]4O)[C@H]3NC(C)=O)[C@H]2O[C@@H]2O[C@@H](C)[C@@H](O)[C@@H](O)[C@@H]2O)[C@@H]1O. The molecule has 8 aliphatic heterocycles. The normalized spacial score (nSPS) is 48.3. The van der Waals surface area contributed by atoms with Gasteiger partial charge in [-0.25, -0.2) is 4.79 Å². The van der Waals surface area contributed by atoms with Crippen LogP contribution in [-0.4, -0.2) is 444 Å². The number of carbonyl (C=O) groups is 4. The molecule has 27 N–H and O–H groups in total. The lowest BCUT2D eigenvalue weighted by atomic mass is 9.88. The third-order valence-electron chi connectivity index (χ3n) is 18.8. The Morgan fingerprint density at radius 3 is 1.33 bits per heavy atom. The lowest BCUT2D eigenvalue weighted by Gasteiger charge is -2.52. The Hall–Kier alpha value is -3.64. The summed E-state index contributed by atoms with van der Waals surface area (Å²) in [5, 5.41) is 271. The van der Waals surface area contributed by atoms with Gasteiger partial charge < -0.3 is 210 Å². The average Bonchev–Trinajstić information content (AvgIpc) is 0.702. The molecule has 103 heavy (non-hydrogen) atoms. The highest BCUT2D eigenvalue weighted by Gasteiger charge is 2.63. The molecule has 0 bridgehead atoms. The van der Waals surface area contributed by atoms with E-state index in [4.69, 9.17) is 71.1 Å². The second kappa shape index (κ2) is 36.3. The standard InChI is InChI=1S/C57H95N3O43/c1-13-28(73)35(80)38(83)52(89-13)101-48-47(33(78)22(10-65)94-55(48)97-41-24(12-67)95-50(26(34(41)79)59-15(3)69)99-45-31(76)20(8-63)92-53(39(45)84)96-42-23(11-66)90-49(86)37(82)36(42)81)100-51-27(60-16(4)70)43(30(75)19(7-62)91-51)98-54-40(85)46(32(77)21(9-64)93-54)103-57(56(87)88)5-17(71)25(58-14(2)68)44(102-57)29(74)18(72)6-61/h13,17-55,61-67,71-86H,5-12H2,1-4H3,(H,58,68)(H,59,69)(H,60,70)(H,87,88)/t13-,17-,18+,19+,20+,21+,22+,23+,24+,25+,26+,27+,28+,29+,30+,31-,32-,33-,34+,35+,36+,37+,38-,39+,40+,41+,42+,43+,44+,45-,46-,47-,48+,49+,50-,51+,52-,53-,54-,55-,57-/m0/s1. The summed E-state index contributed by atoms with van der Waals surface area (Å²) in [6, 6.07) is -5.81. The topological polar surface area (TPSA) is 728 Å². The van der Waals surface area contributed by atoms with Crippen LogP contribution in [0.15, 0.2) is 0 Å². The van der Waals surface area contributed by atoms with E-state index in [0.717, 1.165) is 20.8 Å². The van der Waals surface area contributed by atoms with Crippen LogP contribution in [0.25, 0.3) is 0 Å². The zero-order valence-electron chi connectivity index (χ0n) is 55.2. The van der Waals surface area contributed by atoms with Crippen LogP contribution in [0, 0.1) is 0 Å². The molecule has 0 unspecified atom stereocenters. The molecule has 0 aliphatic carbocycles. The van der Waals surface area contributed by atoms with Crippen molar-refractivity contribution >= 4 is 23.7 Å². The van der Waals surface area contributed by atoms with Gasteiger partial charge in [0.1, 0.15) is 183 Å². The molecule has 8 rings (SSSR count). The van der Waals surface area contributed by atoms with Gasteiger partial charge in [-0.1, -0.05) is 0 Å². The minimum absolute atomic E-state index is 0.873. The number of hydrogen-bond acceptors (Lipinski definition) is 42. The lowest BCUT2D eigenvalue weighted by molar-refractivity contribution is -0.405. The number of ether oxygens (including phenoxy) is 15. The van der Waals surface area contributed by atoms with Crippen LogP contribution < -0.4 is 16.0 Å². The number of aliphatic carboxylic acids is 1. The van der Waals surface area contributed by atoms with Gasteiger partial charge in [-0.2, -0.15) is 0 Å². The molecule has 8 heterocycles. The fourth-order valence-corrected chi connectivity index (χ4v) is 13.3. The number of carboxylic acid groups (broad SMARTS) is 1. The Labute approximate surface area is 582 Å². The number of rotatable bonds is 27. The summed E-state index contributed by atoms with van der Waals surface area (Å²) in [6.07, 6.45) is -79.8. The lowest BCUT2D eigenvalue weighted by Crippen LogP contribution is -2.72.